The number of rotatable bonds is 8. The van der Waals surface area contributed by atoms with Gasteiger partial charge in [-0.1, -0.05) is 137 Å². The third-order valence-corrected chi connectivity index (χ3v) is 14.0. The molecule has 2 aliphatic rings. The average Bonchev–Trinajstić information content (AvgIpc) is 3.69. The van der Waals surface area contributed by atoms with E-state index in [1.807, 2.05) is 0 Å². The second-order valence-electron chi connectivity index (χ2n) is 18.7. The van der Waals surface area contributed by atoms with Gasteiger partial charge in [0.1, 0.15) is 0 Å². The summed E-state index contributed by atoms with van der Waals surface area (Å²) in [7, 11) is 0. The van der Waals surface area contributed by atoms with Gasteiger partial charge in [-0.05, 0) is 189 Å². The molecule has 0 atom stereocenters. The van der Waals surface area contributed by atoms with Crippen molar-refractivity contribution in [3.63, 3.8) is 0 Å². The van der Waals surface area contributed by atoms with Crippen LogP contribution < -0.4 is 9.80 Å². The minimum atomic E-state index is -0.159. The summed E-state index contributed by atoms with van der Waals surface area (Å²) >= 11 is 0. The van der Waals surface area contributed by atoms with Crippen molar-refractivity contribution in [1.29, 1.82) is 0 Å². The van der Waals surface area contributed by atoms with Crippen LogP contribution in [-0.4, -0.2) is 0 Å². The van der Waals surface area contributed by atoms with Crippen molar-refractivity contribution in [1.82, 2.24) is 0 Å². The fraction of sp³-hybridized carbons (Fsp3) is 0.129. The van der Waals surface area contributed by atoms with Gasteiger partial charge in [0.2, 0.25) is 0 Å². The van der Waals surface area contributed by atoms with Gasteiger partial charge in [-0.2, -0.15) is 0 Å². The second-order valence-corrected chi connectivity index (χ2v) is 18.7. The summed E-state index contributed by atoms with van der Waals surface area (Å²) in [5.74, 6) is 0. The number of anilines is 6. The van der Waals surface area contributed by atoms with Gasteiger partial charge in [-0.3, -0.25) is 0 Å². The zero-order valence-electron chi connectivity index (χ0n) is 37.5. The number of para-hydroxylation sites is 4. The van der Waals surface area contributed by atoms with Gasteiger partial charge in [0.25, 0.3) is 0 Å². The normalized spacial score (nSPS) is 13.7. The highest BCUT2D eigenvalue weighted by molar-refractivity contribution is 5.94. The first-order valence-corrected chi connectivity index (χ1v) is 22.6. The number of aryl methyl sites for hydroxylation is 2. The first kappa shape index (κ1) is 39.4. The second kappa shape index (κ2) is 15.1. The quantitative estimate of drug-likeness (QED) is 0.151. The van der Waals surface area contributed by atoms with Gasteiger partial charge >= 0.3 is 0 Å². The Kier molecular flexibility index (Phi) is 9.33. The number of hydrogen-bond acceptors (Lipinski definition) is 2. The lowest BCUT2D eigenvalue weighted by Gasteiger charge is -2.26. The Balaban J connectivity index is 0.925. The Bertz CT molecular complexity index is 2890. The highest BCUT2D eigenvalue weighted by Crippen LogP contribution is 2.58. The molecule has 2 aliphatic carbocycles. The molecule has 0 radical (unpaired) electrons. The van der Waals surface area contributed by atoms with E-state index < -0.39 is 0 Å². The molecule has 0 fully saturated rings. The summed E-state index contributed by atoms with van der Waals surface area (Å²) in [6.45, 7) is 14.3. The fourth-order valence-corrected chi connectivity index (χ4v) is 10.8. The smallest absolute Gasteiger partial charge is 0.0462 e. The van der Waals surface area contributed by atoms with E-state index in [0.29, 0.717) is 0 Å². The molecule has 0 unspecified atom stereocenters. The number of fused-ring (bicyclic) bond motifs is 6. The predicted molar refractivity (Wildman–Crippen MR) is 271 cm³/mol. The molecule has 0 saturated heterocycles. The van der Waals surface area contributed by atoms with E-state index in [2.05, 4.69) is 258 Å². The molecule has 2 heteroatoms. The van der Waals surface area contributed by atoms with Crippen LogP contribution in [0.4, 0.5) is 34.1 Å². The maximum atomic E-state index is 2.55. The molecule has 9 aromatic carbocycles. The van der Waals surface area contributed by atoms with Gasteiger partial charge in [0.05, 0.1) is 0 Å². The summed E-state index contributed by atoms with van der Waals surface area (Å²) in [5, 5.41) is 0. The zero-order valence-corrected chi connectivity index (χ0v) is 37.5. The summed E-state index contributed by atoms with van der Waals surface area (Å²) < 4.78 is 0. The maximum absolute atomic E-state index is 2.55. The Morgan fingerprint density at radius 1 is 0.281 bits per heavy atom. The SMILES string of the molecule is Cc1cc(-c2ccc(N(c3ccccc3)c3ccccc3)cc2)cc2c1-c1cc3c(cc1C2(C)C)-c1c(C)cc(-c2ccc(N(c4ccccc4)c4ccccc4)cc2)cc1C3(C)C. The zero-order chi connectivity index (χ0) is 43.7. The molecular formula is C62H52N2. The topological polar surface area (TPSA) is 6.48 Å². The van der Waals surface area contributed by atoms with Crippen LogP contribution in [0, 0.1) is 13.8 Å². The Hall–Kier alpha value is -7.42. The summed E-state index contributed by atoms with van der Waals surface area (Å²) in [4.78, 5) is 4.64. The fourth-order valence-electron chi connectivity index (χ4n) is 10.8. The Labute approximate surface area is 378 Å². The minimum absolute atomic E-state index is 0.159. The number of nitrogens with zero attached hydrogens (tertiary/aromatic N) is 2. The largest absolute Gasteiger partial charge is 0.311 e. The molecule has 0 aromatic heterocycles. The standard InChI is InChI=1S/C62H52N2/c1-41-35-45(43-27-31-51(32-28-43)63(47-19-11-7-12-20-47)48-21-13-8-14-22-48)37-57-59(41)53-39-56-54(40-55(53)61(57,3)4)60-42(2)36-46(38-58(60)62(56,5)6)44-29-33-52(34-30-44)64(49-23-15-9-16-24-49)50-25-17-10-18-26-50/h7-40H,1-6H3. The van der Waals surface area contributed by atoms with Crippen molar-refractivity contribution in [3.05, 3.63) is 240 Å². The van der Waals surface area contributed by atoms with E-state index in [1.165, 1.54) is 77.9 Å². The molecule has 0 spiro atoms. The van der Waals surface area contributed by atoms with Crippen LogP contribution in [0.1, 0.15) is 61.1 Å². The molecule has 0 heterocycles. The van der Waals surface area contributed by atoms with Gasteiger partial charge < -0.3 is 9.80 Å². The average molecular weight is 825 g/mol. The van der Waals surface area contributed by atoms with Crippen molar-refractivity contribution in [2.45, 2.75) is 52.4 Å². The lowest BCUT2D eigenvalue weighted by molar-refractivity contribution is 0.652. The van der Waals surface area contributed by atoms with Gasteiger partial charge in [-0.15, -0.1) is 0 Å². The lowest BCUT2D eigenvalue weighted by Crippen LogP contribution is -2.17. The van der Waals surface area contributed by atoms with Crippen LogP contribution in [0.3, 0.4) is 0 Å². The highest BCUT2D eigenvalue weighted by Gasteiger charge is 2.43. The molecule has 0 aliphatic heterocycles. The molecular weight excluding hydrogens is 773 g/mol. The monoisotopic (exact) mass is 824 g/mol. The van der Waals surface area contributed by atoms with Crippen molar-refractivity contribution >= 4 is 34.1 Å². The van der Waals surface area contributed by atoms with Crippen LogP contribution in [0.5, 0.6) is 0 Å². The third kappa shape index (κ3) is 6.39. The van der Waals surface area contributed by atoms with E-state index in [1.54, 1.807) is 0 Å². The summed E-state index contributed by atoms with van der Waals surface area (Å²) in [5.41, 5.74) is 25.4. The summed E-state index contributed by atoms with van der Waals surface area (Å²) in [6, 6.07) is 75.5. The molecule has 11 rings (SSSR count). The maximum Gasteiger partial charge on any atom is 0.0462 e. The van der Waals surface area contributed by atoms with Crippen LogP contribution in [0.15, 0.2) is 206 Å². The van der Waals surface area contributed by atoms with Crippen LogP contribution >= 0.6 is 0 Å². The van der Waals surface area contributed by atoms with E-state index in [4.69, 9.17) is 0 Å². The molecule has 64 heavy (non-hydrogen) atoms. The van der Waals surface area contributed by atoms with E-state index in [9.17, 15) is 0 Å². The van der Waals surface area contributed by atoms with Crippen LogP contribution in [0.2, 0.25) is 0 Å². The Morgan fingerprint density at radius 2 is 0.562 bits per heavy atom. The molecule has 310 valence electrons. The molecule has 0 saturated carbocycles. The van der Waals surface area contributed by atoms with Crippen LogP contribution in [0.25, 0.3) is 44.5 Å². The molecule has 0 N–H and O–H groups in total. The van der Waals surface area contributed by atoms with Gasteiger partial charge in [0, 0.05) is 45.0 Å². The molecule has 9 aromatic rings. The van der Waals surface area contributed by atoms with Crippen molar-refractivity contribution in [2.24, 2.45) is 0 Å². The molecule has 0 amide bonds. The van der Waals surface area contributed by atoms with E-state index in [0.717, 1.165) is 34.1 Å². The summed E-state index contributed by atoms with van der Waals surface area (Å²) in [6.07, 6.45) is 0. The molecule has 2 nitrogen and oxygen atoms in total. The predicted octanol–water partition coefficient (Wildman–Crippen LogP) is 17.2. The first-order valence-electron chi connectivity index (χ1n) is 22.6. The Morgan fingerprint density at radius 3 is 0.859 bits per heavy atom. The first-order chi connectivity index (χ1) is 31.1. The van der Waals surface area contributed by atoms with Gasteiger partial charge in [0.15, 0.2) is 0 Å². The highest BCUT2D eigenvalue weighted by atomic mass is 15.1. The number of benzene rings is 9. The van der Waals surface area contributed by atoms with Crippen molar-refractivity contribution in [3.8, 4) is 44.5 Å². The molecule has 0 bridgehead atoms. The van der Waals surface area contributed by atoms with Crippen molar-refractivity contribution < 1.29 is 0 Å². The van der Waals surface area contributed by atoms with E-state index >= 15 is 0 Å². The lowest BCUT2D eigenvalue weighted by atomic mass is 9.79. The van der Waals surface area contributed by atoms with E-state index in [-0.39, 0.29) is 10.8 Å². The minimum Gasteiger partial charge on any atom is -0.311 e. The van der Waals surface area contributed by atoms with Crippen LogP contribution in [-0.2, 0) is 10.8 Å². The van der Waals surface area contributed by atoms with Crippen molar-refractivity contribution in [2.75, 3.05) is 9.80 Å². The number of hydrogen-bond donors (Lipinski definition) is 0. The third-order valence-electron chi connectivity index (χ3n) is 14.0. The van der Waals surface area contributed by atoms with Gasteiger partial charge in [-0.25, -0.2) is 0 Å².